The van der Waals surface area contributed by atoms with Gasteiger partial charge in [0.1, 0.15) is 6.54 Å². The molecule has 1 N–H and O–H groups in total. The van der Waals surface area contributed by atoms with Crippen molar-refractivity contribution >= 4 is 46.4 Å². The molecule has 0 fully saturated rings. The molecule has 0 atom stereocenters. The highest BCUT2D eigenvalue weighted by atomic mass is 35.5. The second-order valence-corrected chi connectivity index (χ2v) is 6.57. The highest BCUT2D eigenvalue weighted by Gasteiger charge is 2.15. The van der Waals surface area contributed by atoms with Crippen molar-refractivity contribution in [2.24, 2.45) is 0 Å². The molecule has 0 radical (unpaired) electrons. The zero-order valence-electron chi connectivity index (χ0n) is 13.0. The van der Waals surface area contributed by atoms with Gasteiger partial charge in [0.15, 0.2) is 5.82 Å². The molecule has 3 rings (SSSR count). The lowest BCUT2D eigenvalue weighted by atomic mass is 10.1. The summed E-state index contributed by atoms with van der Waals surface area (Å²) in [6.07, 6.45) is 0. The summed E-state index contributed by atoms with van der Waals surface area (Å²) < 4.78 is 1.40. The number of halogens is 3. The molecule has 6 nitrogen and oxygen atoms in total. The number of carbonyl (C=O) groups is 1. The zero-order valence-corrected chi connectivity index (χ0v) is 15.3. The summed E-state index contributed by atoms with van der Waals surface area (Å²) in [5.74, 6) is 0.121. The molecule has 1 aromatic heterocycles. The number of benzene rings is 2. The van der Waals surface area contributed by atoms with Crippen LogP contribution in [0.3, 0.4) is 0 Å². The van der Waals surface area contributed by atoms with Gasteiger partial charge in [-0.15, -0.1) is 5.10 Å². The van der Waals surface area contributed by atoms with Crippen molar-refractivity contribution in [1.29, 1.82) is 0 Å². The number of rotatable bonds is 4. The van der Waals surface area contributed by atoms with Crippen LogP contribution in [0.1, 0.15) is 5.56 Å². The predicted molar refractivity (Wildman–Crippen MR) is 98.1 cm³/mol. The molecule has 1 heterocycles. The number of aryl methyl sites for hydroxylation is 1. The van der Waals surface area contributed by atoms with Crippen molar-refractivity contribution in [2.45, 2.75) is 13.5 Å². The molecule has 1 amide bonds. The summed E-state index contributed by atoms with van der Waals surface area (Å²) in [6.45, 7) is 1.89. The van der Waals surface area contributed by atoms with Crippen molar-refractivity contribution in [3.05, 3.63) is 57.0 Å². The van der Waals surface area contributed by atoms with E-state index in [0.717, 1.165) is 11.1 Å². The first-order valence-corrected chi connectivity index (χ1v) is 8.35. The van der Waals surface area contributed by atoms with Crippen LogP contribution in [0, 0.1) is 6.92 Å². The van der Waals surface area contributed by atoms with Crippen LogP contribution >= 0.6 is 34.8 Å². The first kappa shape index (κ1) is 17.7. The molecule has 0 aliphatic heterocycles. The average Bonchev–Trinajstić information content (AvgIpc) is 2.99. The number of carbonyl (C=O) groups excluding carboxylic acids is 1. The van der Waals surface area contributed by atoms with Crippen LogP contribution in [-0.4, -0.2) is 26.1 Å². The Labute approximate surface area is 158 Å². The lowest BCUT2D eigenvalue weighted by Gasteiger charge is -2.10. The van der Waals surface area contributed by atoms with Crippen molar-refractivity contribution in [3.8, 4) is 11.4 Å². The van der Waals surface area contributed by atoms with Gasteiger partial charge in [0, 0.05) is 10.6 Å². The van der Waals surface area contributed by atoms with Crippen LogP contribution < -0.4 is 5.32 Å². The lowest BCUT2D eigenvalue weighted by Crippen LogP contribution is -2.20. The van der Waals surface area contributed by atoms with Gasteiger partial charge < -0.3 is 5.32 Å². The third-order valence-electron chi connectivity index (χ3n) is 3.41. The Morgan fingerprint density at radius 1 is 1.12 bits per heavy atom. The van der Waals surface area contributed by atoms with E-state index in [1.807, 2.05) is 31.2 Å². The number of nitrogens with zero attached hydrogens (tertiary/aromatic N) is 4. The van der Waals surface area contributed by atoms with Gasteiger partial charge in [-0.25, -0.2) is 4.68 Å². The molecule has 3 aromatic rings. The van der Waals surface area contributed by atoms with Crippen LogP contribution in [0.5, 0.6) is 0 Å². The molecule has 0 aliphatic rings. The molecule has 0 spiro atoms. The van der Waals surface area contributed by atoms with Gasteiger partial charge in [-0.3, -0.25) is 4.79 Å². The summed E-state index contributed by atoms with van der Waals surface area (Å²) in [6, 6.07) is 10.7. The first-order chi connectivity index (χ1) is 11.9. The predicted octanol–water partition coefficient (Wildman–Crippen LogP) is 4.25. The van der Waals surface area contributed by atoms with E-state index in [1.54, 1.807) is 0 Å². The largest absolute Gasteiger partial charge is 0.322 e. The minimum atomic E-state index is -0.369. The summed E-state index contributed by atoms with van der Waals surface area (Å²) in [4.78, 5) is 12.3. The Bertz CT molecular complexity index is 901. The Kier molecular flexibility index (Phi) is 5.22. The summed E-state index contributed by atoms with van der Waals surface area (Å²) >= 11 is 18.0. The van der Waals surface area contributed by atoms with Gasteiger partial charge in [-0.05, 0) is 29.5 Å². The average molecular weight is 397 g/mol. The molecule has 25 heavy (non-hydrogen) atoms. The standard InChI is InChI=1S/C16H12Cl3N5O/c1-9-2-4-10(5-3-9)16-21-22-23-24(16)8-14(25)20-15-12(18)6-11(17)7-13(15)19/h2-7H,8H2,1H3,(H,20,25). The second-order valence-electron chi connectivity index (χ2n) is 5.32. The summed E-state index contributed by atoms with van der Waals surface area (Å²) in [5, 5.41) is 15.0. The molecule has 128 valence electrons. The number of amides is 1. The highest BCUT2D eigenvalue weighted by Crippen LogP contribution is 2.33. The maximum atomic E-state index is 12.3. The minimum Gasteiger partial charge on any atom is -0.322 e. The Balaban J connectivity index is 1.79. The lowest BCUT2D eigenvalue weighted by molar-refractivity contribution is -0.116. The molecule has 0 aliphatic carbocycles. The molecule has 9 heteroatoms. The zero-order chi connectivity index (χ0) is 18.0. The van der Waals surface area contributed by atoms with Gasteiger partial charge in [0.05, 0.1) is 15.7 Å². The maximum absolute atomic E-state index is 12.3. The summed E-state index contributed by atoms with van der Waals surface area (Å²) in [5.41, 5.74) is 2.22. The highest BCUT2D eigenvalue weighted by molar-refractivity contribution is 6.42. The monoisotopic (exact) mass is 395 g/mol. The summed E-state index contributed by atoms with van der Waals surface area (Å²) in [7, 11) is 0. The van der Waals surface area contributed by atoms with Gasteiger partial charge in [0.25, 0.3) is 0 Å². The third-order valence-corrected chi connectivity index (χ3v) is 4.22. The van der Waals surface area contributed by atoms with E-state index < -0.39 is 0 Å². The van der Waals surface area contributed by atoms with E-state index in [0.29, 0.717) is 16.5 Å². The minimum absolute atomic E-state index is 0.0918. The molecular weight excluding hydrogens is 385 g/mol. The van der Waals surface area contributed by atoms with Crippen molar-refractivity contribution < 1.29 is 4.79 Å². The molecule has 0 bridgehead atoms. The maximum Gasteiger partial charge on any atom is 0.246 e. The number of hydrogen-bond acceptors (Lipinski definition) is 4. The normalized spacial score (nSPS) is 10.7. The fourth-order valence-electron chi connectivity index (χ4n) is 2.20. The number of anilines is 1. The smallest absolute Gasteiger partial charge is 0.246 e. The molecule has 0 saturated heterocycles. The fraction of sp³-hybridized carbons (Fsp3) is 0.125. The molecular formula is C16H12Cl3N5O. The van der Waals surface area contributed by atoms with Crippen LogP contribution in [0.25, 0.3) is 11.4 Å². The Hall–Kier alpha value is -2.15. The first-order valence-electron chi connectivity index (χ1n) is 7.21. The van der Waals surface area contributed by atoms with Gasteiger partial charge in [-0.1, -0.05) is 64.6 Å². The van der Waals surface area contributed by atoms with Gasteiger partial charge in [0.2, 0.25) is 5.91 Å². The van der Waals surface area contributed by atoms with Gasteiger partial charge in [-0.2, -0.15) is 0 Å². The second kappa shape index (κ2) is 7.39. The molecule has 2 aromatic carbocycles. The number of nitrogens with one attached hydrogen (secondary N) is 1. The molecule has 0 saturated carbocycles. The quantitative estimate of drug-likeness (QED) is 0.715. The fourth-order valence-corrected chi connectivity index (χ4v) is 3.11. The Morgan fingerprint density at radius 2 is 1.76 bits per heavy atom. The van der Waals surface area contributed by atoms with Crippen LogP contribution in [0.2, 0.25) is 15.1 Å². The van der Waals surface area contributed by atoms with E-state index >= 15 is 0 Å². The number of tetrazole rings is 1. The van der Waals surface area contributed by atoms with E-state index in [-0.39, 0.29) is 22.5 Å². The van der Waals surface area contributed by atoms with Crippen molar-refractivity contribution in [2.75, 3.05) is 5.32 Å². The van der Waals surface area contributed by atoms with Gasteiger partial charge >= 0.3 is 0 Å². The van der Waals surface area contributed by atoms with Crippen LogP contribution in [0.4, 0.5) is 5.69 Å². The third kappa shape index (κ3) is 4.10. The molecule has 0 unspecified atom stereocenters. The van der Waals surface area contributed by atoms with E-state index in [9.17, 15) is 4.79 Å². The topological polar surface area (TPSA) is 72.7 Å². The van der Waals surface area contributed by atoms with E-state index in [1.165, 1.54) is 16.8 Å². The van der Waals surface area contributed by atoms with Crippen LogP contribution in [0.15, 0.2) is 36.4 Å². The number of aromatic nitrogens is 4. The SMILES string of the molecule is Cc1ccc(-c2nnnn2CC(=O)Nc2c(Cl)cc(Cl)cc2Cl)cc1. The number of hydrogen-bond donors (Lipinski definition) is 1. The van der Waals surface area contributed by atoms with Crippen LogP contribution in [-0.2, 0) is 11.3 Å². The van der Waals surface area contributed by atoms with Crippen molar-refractivity contribution in [1.82, 2.24) is 20.2 Å². The van der Waals surface area contributed by atoms with E-state index in [2.05, 4.69) is 20.8 Å². The van der Waals surface area contributed by atoms with Crippen molar-refractivity contribution in [3.63, 3.8) is 0 Å². The van der Waals surface area contributed by atoms with E-state index in [4.69, 9.17) is 34.8 Å². The Morgan fingerprint density at radius 3 is 2.40 bits per heavy atom.